The van der Waals surface area contributed by atoms with Crippen LogP contribution in [0.1, 0.15) is 41.7 Å². The summed E-state index contributed by atoms with van der Waals surface area (Å²) in [6.45, 7) is 2.15. The summed E-state index contributed by atoms with van der Waals surface area (Å²) in [6, 6.07) is 24.3. The van der Waals surface area contributed by atoms with Crippen molar-refractivity contribution in [3.63, 3.8) is 0 Å². The molecule has 0 fully saturated rings. The van der Waals surface area contributed by atoms with Crippen molar-refractivity contribution in [2.45, 2.75) is 31.8 Å². The van der Waals surface area contributed by atoms with Gasteiger partial charge in [0.05, 0.1) is 20.3 Å². The molecule has 4 rings (SSSR count). The fourth-order valence-electron chi connectivity index (χ4n) is 4.62. The van der Waals surface area contributed by atoms with Crippen molar-refractivity contribution >= 4 is 17.3 Å². The molecule has 0 N–H and O–H groups in total. The molecule has 1 aliphatic rings. The first-order valence-corrected chi connectivity index (χ1v) is 11.0. The molecule has 0 spiro atoms. The van der Waals surface area contributed by atoms with E-state index in [2.05, 4.69) is 61.3 Å². The number of amides is 1. The topological polar surface area (TPSA) is 42.0 Å². The maximum absolute atomic E-state index is 13.8. The Bertz CT molecular complexity index is 1080. The van der Waals surface area contributed by atoms with E-state index in [-0.39, 0.29) is 18.0 Å². The van der Waals surface area contributed by atoms with Crippen molar-refractivity contribution in [3.8, 4) is 11.5 Å². The highest BCUT2D eigenvalue weighted by Gasteiger charge is 2.37. The number of hydrogen-bond donors (Lipinski definition) is 0. The van der Waals surface area contributed by atoms with Crippen LogP contribution in [0.5, 0.6) is 11.5 Å². The normalized spacial score (nSPS) is 17.4. The van der Waals surface area contributed by atoms with Crippen LogP contribution < -0.4 is 19.3 Å². The Morgan fingerprint density at radius 1 is 0.969 bits per heavy atom. The van der Waals surface area contributed by atoms with Crippen LogP contribution in [0.25, 0.3) is 0 Å². The molecule has 0 radical (unpaired) electrons. The highest BCUT2D eigenvalue weighted by atomic mass is 16.5. The average Bonchev–Trinajstić information content (AvgIpc) is 2.86. The number of anilines is 2. The predicted octanol–water partition coefficient (Wildman–Crippen LogP) is 5.71. The molecular weight excluding hydrogens is 400 g/mol. The lowest BCUT2D eigenvalue weighted by molar-refractivity contribution is 0.0970. The van der Waals surface area contributed by atoms with Crippen LogP contribution in [0.4, 0.5) is 11.4 Å². The molecule has 1 amide bonds. The fourth-order valence-corrected chi connectivity index (χ4v) is 4.62. The second kappa shape index (κ2) is 9.35. The highest BCUT2D eigenvalue weighted by molar-refractivity contribution is 6.07. The second-order valence-corrected chi connectivity index (χ2v) is 8.06. The van der Waals surface area contributed by atoms with Crippen LogP contribution in [0.2, 0.25) is 0 Å². The Balaban J connectivity index is 1.75. The summed E-state index contributed by atoms with van der Waals surface area (Å²) in [6.07, 6.45) is 1.73. The van der Waals surface area contributed by atoms with E-state index < -0.39 is 0 Å². The minimum atomic E-state index is -0.0222. The van der Waals surface area contributed by atoms with Gasteiger partial charge >= 0.3 is 0 Å². The van der Waals surface area contributed by atoms with Gasteiger partial charge in [-0.3, -0.25) is 4.79 Å². The van der Waals surface area contributed by atoms with Crippen LogP contribution in [0.3, 0.4) is 0 Å². The third kappa shape index (κ3) is 3.91. The van der Waals surface area contributed by atoms with E-state index in [0.29, 0.717) is 17.1 Å². The minimum absolute atomic E-state index is 0.0222. The van der Waals surface area contributed by atoms with Crippen LogP contribution in [0.15, 0.2) is 72.8 Å². The number of ether oxygens (including phenoxy) is 2. The van der Waals surface area contributed by atoms with Gasteiger partial charge in [0.15, 0.2) is 11.5 Å². The van der Waals surface area contributed by atoms with E-state index in [4.69, 9.17) is 9.47 Å². The van der Waals surface area contributed by atoms with Crippen molar-refractivity contribution in [1.29, 1.82) is 0 Å². The minimum Gasteiger partial charge on any atom is -0.493 e. The zero-order valence-electron chi connectivity index (χ0n) is 19.1. The Labute approximate surface area is 190 Å². The molecule has 1 heterocycles. The second-order valence-electron chi connectivity index (χ2n) is 8.06. The van der Waals surface area contributed by atoms with Crippen molar-refractivity contribution in [3.05, 3.63) is 83.9 Å². The van der Waals surface area contributed by atoms with E-state index in [1.54, 1.807) is 32.4 Å². The molecule has 32 heavy (non-hydrogen) atoms. The van der Waals surface area contributed by atoms with Gasteiger partial charge in [-0.1, -0.05) is 43.3 Å². The molecule has 0 aliphatic carbocycles. The summed E-state index contributed by atoms with van der Waals surface area (Å²) in [7, 11) is 5.31. The van der Waals surface area contributed by atoms with Crippen molar-refractivity contribution < 1.29 is 14.3 Å². The molecule has 166 valence electrons. The Hall–Kier alpha value is -3.47. The van der Waals surface area contributed by atoms with E-state index >= 15 is 0 Å². The molecule has 0 saturated heterocycles. The number of fused-ring (bicyclic) bond motifs is 1. The lowest BCUT2D eigenvalue weighted by Gasteiger charge is -2.44. The van der Waals surface area contributed by atoms with Crippen molar-refractivity contribution in [2.75, 3.05) is 31.1 Å². The first-order chi connectivity index (χ1) is 15.6. The molecule has 5 nitrogen and oxygen atoms in total. The third-order valence-electron chi connectivity index (χ3n) is 6.37. The number of nitrogens with zero attached hydrogens (tertiary/aromatic N) is 2. The van der Waals surface area contributed by atoms with Crippen molar-refractivity contribution in [2.24, 2.45) is 0 Å². The number of carbonyl (C=O) groups is 1. The number of para-hydroxylation sites is 2. The van der Waals surface area contributed by atoms with Gasteiger partial charge in [0.2, 0.25) is 0 Å². The predicted molar refractivity (Wildman–Crippen MR) is 129 cm³/mol. The van der Waals surface area contributed by atoms with E-state index in [1.165, 1.54) is 5.69 Å². The van der Waals surface area contributed by atoms with E-state index in [9.17, 15) is 4.79 Å². The SMILES string of the molecule is CCC1CC(N(C)c2ccccc2)c2ccccc2N1C(=O)c1ccc(OC)c(OC)c1. The van der Waals surface area contributed by atoms with Gasteiger partial charge < -0.3 is 19.3 Å². The molecule has 3 aromatic carbocycles. The summed E-state index contributed by atoms with van der Waals surface area (Å²) < 4.78 is 10.8. The van der Waals surface area contributed by atoms with Gasteiger partial charge in [0, 0.05) is 30.0 Å². The lowest BCUT2D eigenvalue weighted by atomic mass is 9.88. The Kier molecular flexibility index (Phi) is 6.35. The van der Waals surface area contributed by atoms with Crippen LogP contribution in [-0.4, -0.2) is 33.2 Å². The van der Waals surface area contributed by atoms with E-state index in [1.807, 2.05) is 17.0 Å². The number of methoxy groups -OCH3 is 2. The maximum atomic E-state index is 13.8. The standard InChI is InChI=1S/C27H30N2O3/c1-5-20-18-24(28(2)21-11-7-6-8-12-21)22-13-9-10-14-23(22)29(20)27(30)19-15-16-25(31-3)26(17-19)32-4/h6-17,20,24H,5,18H2,1-4H3. The summed E-state index contributed by atoms with van der Waals surface area (Å²) in [5.74, 6) is 1.14. The van der Waals surface area contributed by atoms with Crippen LogP contribution in [-0.2, 0) is 0 Å². The number of rotatable bonds is 6. The summed E-state index contributed by atoms with van der Waals surface area (Å²) in [5.41, 5.74) is 3.89. The summed E-state index contributed by atoms with van der Waals surface area (Å²) in [4.78, 5) is 18.0. The van der Waals surface area contributed by atoms with Gasteiger partial charge in [-0.15, -0.1) is 0 Å². The van der Waals surface area contributed by atoms with Gasteiger partial charge in [0.1, 0.15) is 0 Å². The molecule has 2 unspecified atom stereocenters. The maximum Gasteiger partial charge on any atom is 0.258 e. The summed E-state index contributed by atoms with van der Waals surface area (Å²) >= 11 is 0. The molecule has 3 aromatic rings. The fraction of sp³-hybridized carbons (Fsp3) is 0.296. The quantitative estimate of drug-likeness (QED) is 0.502. The largest absolute Gasteiger partial charge is 0.493 e. The zero-order chi connectivity index (χ0) is 22.7. The lowest BCUT2D eigenvalue weighted by Crippen LogP contribution is -2.47. The molecule has 0 bridgehead atoms. The highest BCUT2D eigenvalue weighted by Crippen LogP contribution is 2.43. The van der Waals surface area contributed by atoms with Crippen molar-refractivity contribution in [1.82, 2.24) is 0 Å². The third-order valence-corrected chi connectivity index (χ3v) is 6.37. The number of hydrogen-bond acceptors (Lipinski definition) is 4. The number of carbonyl (C=O) groups excluding carboxylic acids is 1. The first-order valence-electron chi connectivity index (χ1n) is 11.0. The first kappa shape index (κ1) is 21.8. The monoisotopic (exact) mass is 430 g/mol. The summed E-state index contributed by atoms with van der Waals surface area (Å²) in [5, 5.41) is 0. The zero-order valence-corrected chi connectivity index (χ0v) is 19.1. The Morgan fingerprint density at radius 2 is 1.66 bits per heavy atom. The van der Waals surface area contributed by atoms with Crippen LogP contribution in [0, 0.1) is 0 Å². The number of benzene rings is 3. The van der Waals surface area contributed by atoms with Gasteiger partial charge in [-0.25, -0.2) is 0 Å². The molecule has 5 heteroatoms. The van der Waals surface area contributed by atoms with Gasteiger partial charge in [-0.2, -0.15) is 0 Å². The molecule has 0 saturated carbocycles. The molecule has 2 atom stereocenters. The molecule has 0 aromatic heterocycles. The molecule has 1 aliphatic heterocycles. The average molecular weight is 431 g/mol. The van der Waals surface area contributed by atoms with Gasteiger partial charge in [0.25, 0.3) is 5.91 Å². The van der Waals surface area contributed by atoms with Crippen LogP contribution >= 0.6 is 0 Å². The van der Waals surface area contributed by atoms with Gasteiger partial charge in [-0.05, 0) is 54.8 Å². The Morgan fingerprint density at radius 3 is 2.34 bits per heavy atom. The smallest absolute Gasteiger partial charge is 0.258 e. The van der Waals surface area contributed by atoms with E-state index in [0.717, 1.165) is 24.1 Å². The molecular formula is C27H30N2O3.